The summed E-state index contributed by atoms with van der Waals surface area (Å²) in [5.41, 5.74) is 5.75. The highest BCUT2D eigenvalue weighted by atomic mass is 19.1. The molecule has 0 amide bonds. The molecule has 3 aromatic rings. The maximum atomic E-state index is 14.8. The highest BCUT2D eigenvalue weighted by Crippen LogP contribution is 2.38. The molecule has 2 heterocycles. The van der Waals surface area contributed by atoms with E-state index in [9.17, 15) is 8.78 Å². The lowest BCUT2D eigenvalue weighted by atomic mass is 10.1. The Labute approximate surface area is 153 Å². The fourth-order valence-electron chi connectivity index (χ4n) is 2.77. The molecule has 7 nitrogen and oxygen atoms in total. The number of nitrogen functional groups attached to an aromatic ring is 1. The second-order valence-corrected chi connectivity index (χ2v) is 6.22. The Kier molecular flexibility index (Phi) is 4.14. The van der Waals surface area contributed by atoms with Crippen LogP contribution in [-0.4, -0.2) is 35.2 Å². The summed E-state index contributed by atoms with van der Waals surface area (Å²) >= 11 is 0. The molecule has 0 atom stereocenters. The van der Waals surface area contributed by atoms with Gasteiger partial charge in [0.2, 0.25) is 0 Å². The molecule has 1 saturated carbocycles. The van der Waals surface area contributed by atoms with E-state index in [0.717, 1.165) is 18.9 Å². The summed E-state index contributed by atoms with van der Waals surface area (Å²) in [7, 11) is 2.57. The number of nitrogens with zero attached hydrogens (tertiary/aromatic N) is 3. The molecule has 1 aliphatic rings. The molecule has 0 radical (unpaired) electrons. The van der Waals surface area contributed by atoms with E-state index in [2.05, 4.69) is 20.3 Å². The van der Waals surface area contributed by atoms with Crippen LogP contribution in [0.2, 0.25) is 0 Å². The minimum atomic E-state index is -0.907. The predicted octanol–water partition coefficient (Wildman–Crippen LogP) is 3.14. The summed E-state index contributed by atoms with van der Waals surface area (Å²) in [6, 6.07) is 3.03. The van der Waals surface area contributed by atoms with E-state index in [0.29, 0.717) is 22.5 Å². The molecule has 1 aromatic carbocycles. The molecule has 27 heavy (non-hydrogen) atoms. The van der Waals surface area contributed by atoms with Crippen molar-refractivity contribution in [3.63, 3.8) is 0 Å². The lowest BCUT2D eigenvalue weighted by Crippen LogP contribution is -2.08. The van der Waals surface area contributed by atoms with Crippen molar-refractivity contribution in [2.75, 3.05) is 25.3 Å². The first kappa shape index (κ1) is 17.2. The van der Waals surface area contributed by atoms with Crippen LogP contribution < -0.4 is 20.5 Å². The van der Waals surface area contributed by atoms with Crippen LogP contribution in [-0.2, 0) is 0 Å². The molecular weight excluding hydrogens is 356 g/mol. The van der Waals surface area contributed by atoms with E-state index in [1.54, 1.807) is 6.07 Å². The van der Waals surface area contributed by atoms with E-state index >= 15 is 0 Å². The normalized spacial score (nSPS) is 13.6. The van der Waals surface area contributed by atoms with Crippen molar-refractivity contribution >= 4 is 22.5 Å². The van der Waals surface area contributed by atoms with Gasteiger partial charge < -0.3 is 20.5 Å². The fourth-order valence-corrected chi connectivity index (χ4v) is 2.77. The summed E-state index contributed by atoms with van der Waals surface area (Å²) in [5.74, 6) is -1.53. The van der Waals surface area contributed by atoms with Gasteiger partial charge in [-0.3, -0.25) is 0 Å². The number of nitrogens with two attached hydrogens (primary N) is 1. The SMILES string of the molecule is COc1cc(OC)c(F)c(-c2nc(NC3CC3)c3cc(N)ncc3n2)c1F. The first-order chi connectivity index (χ1) is 13.0. The van der Waals surface area contributed by atoms with Crippen molar-refractivity contribution in [1.29, 1.82) is 0 Å². The molecule has 0 spiro atoms. The van der Waals surface area contributed by atoms with Crippen LogP contribution in [0.4, 0.5) is 20.4 Å². The van der Waals surface area contributed by atoms with Gasteiger partial charge in [0.05, 0.1) is 31.5 Å². The number of anilines is 2. The van der Waals surface area contributed by atoms with Gasteiger partial charge in [-0.15, -0.1) is 0 Å². The summed E-state index contributed by atoms with van der Waals surface area (Å²) in [5, 5.41) is 3.88. The lowest BCUT2D eigenvalue weighted by Gasteiger charge is -2.14. The third-order valence-electron chi connectivity index (χ3n) is 4.32. The molecule has 1 fully saturated rings. The van der Waals surface area contributed by atoms with Gasteiger partial charge in [-0.2, -0.15) is 0 Å². The van der Waals surface area contributed by atoms with Crippen molar-refractivity contribution in [2.24, 2.45) is 0 Å². The smallest absolute Gasteiger partial charge is 0.179 e. The number of benzene rings is 1. The Bertz CT molecular complexity index is 1010. The largest absolute Gasteiger partial charge is 0.494 e. The van der Waals surface area contributed by atoms with Gasteiger partial charge in [0.1, 0.15) is 11.6 Å². The van der Waals surface area contributed by atoms with Gasteiger partial charge in [0.25, 0.3) is 0 Å². The Morgan fingerprint density at radius 1 is 1.07 bits per heavy atom. The summed E-state index contributed by atoms with van der Waals surface area (Å²) < 4.78 is 39.7. The minimum absolute atomic E-state index is 0.135. The molecule has 1 aliphatic carbocycles. The third kappa shape index (κ3) is 3.05. The Morgan fingerprint density at radius 3 is 2.33 bits per heavy atom. The number of fused-ring (bicyclic) bond motifs is 1. The number of ether oxygens (including phenoxy) is 2. The number of methoxy groups -OCH3 is 2. The molecule has 2 aromatic heterocycles. The van der Waals surface area contributed by atoms with E-state index in [1.807, 2.05) is 0 Å². The van der Waals surface area contributed by atoms with Crippen molar-refractivity contribution in [3.05, 3.63) is 30.0 Å². The monoisotopic (exact) mass is 373 g/mol. The maximum Gasteiger partial charge on any atom is 0.179 e. The molecule has 4 rings (SSSR count). The van der Waals surface area contributed by atoms with Gasteiger partial charge in [-0.1, -0.05) is 0 Å². The Balaban J connectivity index is 1.98. The Morgan fingerprint density at radius 2 is 1.74 bits per heavy atom. The topological polar surface area (TPSA) is 95.2 Å². The van der Waals surface area contributed by atoms with Crippen molar-refractivity contribution in [1.82, 2.24) is 15.0 Å². The molecule has 0 aliphatic heterocycles. The summed E-state index contributed by atoms with van der Waals surface area (Å²) in [4.78, 5) is 12.7. The van der Waals surface area contributed by atoms with Crippen molar-refractivity contribution < 1.29 is 18.3 Å². The van der Waals surface area contributed by atoms with Crippen LogP contribution in [0.5, 0.6) is 11.5 Å². The number of halogens is 2. The van der Waals surface area contributed by atoms with Crippen molar-refractivity contribution in [2.45, 2.75) is 18.9 Å². The molecule has 0 saturated heterocycles. The van der Waals surface area contributed by atoms with Gasteiger partial charge in [-0.25, -0.2) is 23.7 Å². The number of aromatic nitrogens is 3. The van der Waals surface area contributed by atoms with Crippen molar-refractivity contribution in [3.8, 4) is 22.9 Å². The van der Waals surface area contributed by atoms with Gasteiger partial charge in [0.15, 0.2) is 29.0 Å². The quantitative estimate of drug-likeness (QED) is 0.709. The van der Waals surface area contributed by atoms with Crippen LogP contribution in [0.15, 0.2) is 18.3 Å². The maximum absolute atomic E-state index is 14.8. The zero-order valence-electron chi connectivity index (χ0n) is 14.7. The molecule has 0 unspecified atom stereocenters. The number of hydrogen-bond acceptors (Lipinski definition) is 7. The minimum Gasteiger partial charge on any atom is -0.494 e. The number of pyridine rings is 1. The zero-order chi connectivity index (χ0) is 19.1. The predicted molar refractivity (Wildman–Crippen MR) is 96.8 cm³/mol. The third-order valence-corrected chi connectivity index (χ3v) is 4.32. The first-order valence-corrected chi connectivity index (χ1v) is 8.32. The Hall–Kier alpha value is -3.23. The van der Waals surface area contributed by atoms with E-state index < -0.39 is 17.2 Å². The van der Waals surface area contributed by atoms with E-state index in [4.69, 9.17) is 15.2 Å². The van der Waals surface area contributed by atoms with Crippen LogP contribution in [0.3, 0.4) is 0 Å². The van der Waals surface area contributed by atoms with Gasteiger partial charge >= 0.3 is 0 Å². The highest BCUT2D eigenvalue weighted by molar-refractivity contribution is 5.92. The molecule has 9 heteroatoms. The van der Waals surface area contributed by atoms with Gasteiger partial charge in [-0.05, 0) is 18.9 Å². The van der Waals surface area contributed by atoms with Crippen LogP contribution in [0.1, 0.15) is 12.8 Å². The lowest BCUT2D eigenvalue weighted by molar-refractivity contribution is 0.359. The van der Waals surface area contributed by atoms with Crippen LogP contribution in [0, 0.1) is 11.6 Å². The number of nitrogens with one attached hydrogen (secondary N) is 1. The molecule has 140 valence electrons. The second kappa shape index (κ2) is 6.49. The summed E-state index contributed by atoms with van der Waals surface area (Å²) in [6.45, 7) is 0. The second-order valence-electron chi connectivity index (χ2n) is 6.22. The molecular formula is C18H17F2N5O2. The fraction of sp³-hybridized carbons (Fsp3) is 0.278. The van der Waals surface area contributed by atoms with E-state index in [-0.39, 0.29) is 23.4 Å². The number of hydrogen-bond donors (Lipinski definition) is 2. The summed E-state index contributed by atoms with van der Waals surface area (Å²) in [6.07, 6.45) is 3.44. The number of rotatable bonds is 5. The standard InChI is InChI=1S/C18H17F2N5O2/c1-26-11-6-12(27-2)16(20)14(15(11)19)18-24-10-7-22-13(21)5-9(10)17(25-18)23-8-3-4-8/h5-8H,3-4H2,1-2H3,(H2,21,22)(H,23,24,25). The highest BCUT2D eigenvalue weighted by Gasteiger charge is 2.27. The molecule has 0 bridgehead atoms. The average Bonchev–Trinajstić information content (AvgIpc) is 3.47. The van der Waals surface area contributed by atoms with Crippen LogP contribution in [0.25, 0.3) is 22.3 Å². The first-order valence-electron chi connectivity index (χ1n) is 8.32. The van der Waals surface area contributed by atoms with Crippen LogP contribution >= 0.6 is 0 Å². The average molecular weight is 373 g/mol. The van der Waals surface area contributed by atoms with E-state index in [1.165, 1.54) is 20.4 Å². The van der Waals surface area contributed by atoms with Gasteiger partial charge in [0, 0.05) is 17.5 Å². The zero-order valence-corrected chi connectivity index (χ0v) is 14.7. The molecule has 3 N–H and O–H groups in total.